The lowest BCUT2D eigenvalue weighted by molar-refractivity contribution is 0.253. The van der Waals surface area contributed by atoms with Crippen molar-refractivity contribution in [2.75, 3.05) is 6.61 Å². The molecule has 0 aliphatic carbocycles. The van der Waals surface area contributed by atoms with Gasteiger partial charge in [-0.1, -0.05) is 13.3 Å². The van der Waals surface area contributed by atoms with Gasteiger partial charge in [0, 0.05) is 12.6 Å². The molecule has 5 nitrogen and oxygen atoms in total. The van der Waals surface area contributed by atoms with Crippen LogP contribution in [0.15, 0.2) is 12.7 Å². The molecule has 0 amide bonds. The van der Waals surface area contributed by atoms with Gasteiger partial charge in [0.25, 0.3) is 0 Å². The number of imidazole rings is 1. The predicted octanol–water partition coefficient (Wildman–Crippen LogP) is 2.15. The average Bonchev–Trinajstić information content (AvgIpc) is 2.74. The number of aliphatic hydroxyl groups excluding tert-OH is 1. The Morgan fingerprint density at radius 1 is 1.35 bits per heavy atom. The minimum atomic E-state index is 0.187. The summed E-state index contributed by atoms with van der Waals surface area (Å²) >= 11 is 2.16. The zero-order chi connectivity index (χ0) is 12.3. The summed E-state index contributed by atoms with van der Waals surface area (Å²) in [4.78, 5) is 12.8. The first-order valence-electron chi connectivity index (χ1n) is 5.71. The normalized spacial score (nSPS) is 13.1. The van der Waals surface area contributed by atoms with Crippen LogP contribution < -0.4 is 0 Å². The molecule has 0 radical (unpaired) electrons. The van der Waals surface area contributed by atoms with Gasteiger partial charge < -0.3 is 9.67 Å². The molecule has 17 heavy (non-hydrogen) atoms. The monoisotopic (exact) mass is 346 g/mol. The van der Waals surface area contributed by atoms with E-state index in [-0.39, 0.29) is 12.6 Å². The van der Waals surface area contributed by atoms with Crippen molar-refractivity contribution in [1.82, 2.24) is 19.5 Å². The van der Waals surface area contributed by atoms with E-state index >= 15 is 0 Å². The number of halogens is 1. The molecule has 0 aliphatic rings. The number of hydrogen-bond donors (Lipinski definition) is 1. The molecule has 92 valence electrons. The lowest BCUT2D eigenvalue weighted by Crippen LogP contribution is -2.10. The molecule has 0 saturated heterocycles. The average molecular weight is 346 g/mol. The van der Waals surface area contributed by atoms with E-state index in [1.807, 2.05) is 0 Å². The molecule has 2 aromatic heterocycles. The zero-order valence-corrected chi connectivity index (χ0v) is 11.8. The highest BCUT2D eigenvalue weighted by molar-refractivity contribution is 14.1. The summed E-state index contributed by atoms with van der Waals surface area (Å²) in [6.07, 6.45) is 6.20. The number of aliphatic hydroxyl groups is 1. The van der Waals surface area contributed by atoms with Gasteiger partial charge in [0.2, 0.25) is 0 Å². The highest BCUT2D eigenvalue weighted by atomic mass is 127. The van der Waals surface area contributed by atoms with Crippen LogP contribution in [0.25, 0.3) is 11.2 Å². The van der Waals surface area contributed by atoms with Crippen molar-refractivity contribution >= 4 is 33.8 Å². The summed E-state index contributed by atoms with van der Waals surface area (Å²) in [5.41, 5.74) is 1.70. The van der Waals surface area contributed by atoms with Gasteiger partial charge in [0.15, 0.2) is 5.65 Å². The van der Waals surface area contributed by atoms with Crippen LogP contribution in [0.3, 0.4) is 0 Å². The lowest BCUT2D eigenvalue weighted by Gasteiger charge is -2.16. The van der Waals surface area contributed by atoms with Crippen molar-refractivity contribution in [1.29, 1.82) is 0 Å². The second kappa shape index (κ2) is 5.72. The van der Waals surface area contributed by atoms with Crippen LogP contribution in [0.2, 0.25) is 0 Å². The topological polar surface area (TPSA) is 63.8 Å². The molecule has 2 rings (SSSR count). The summed E-state index contributed by atoms with van der Waals surface area (Å²) < 4.78 is 2.92. The van der Waals surface area contributed by atoms with Gasteiger partial charge in [-0.15, -0.1) is 0 Å². The third-order valence-corrected chi connectivity index (χ3v) is 3.58. The van der Waals surface area contributed by atoms with E-state index in [0.29, 0.717) is 0 Å². The lowest BCUT2D eigenvalue weighted by atomic mass is 10.1. The van der Waals surface area contributed by atoms with E-state index in [1.54, 1.807) is 12.7 Å². The van der Waals surface area contributed by atoms with Crippen LogP contribution >= 0.6 is 22.6 Å². The Morgan fingerprint density at radius 3 is 2.88 bits per heavy atom. The van der Waals surface area contributed by atoms with Gasteiger partial charge in [-0.3, -0.25) is 0 Å². The van der Waals surface area contributed by atoms with Gasteiger partial charge in [-0.25, -0.2) is 15.0 Å². The Balaban J connectivity index is 2.42. The fourth-order valence-electron chi connectivity index (χ4n) is 2.00. The van der Waals surface area contributed by atoms with Crippen molar-refractivity contribution in [3.05, 3.63) is 16.4 Å². The van der Waals surface area contributed by atoms with Crippen molar-refractivity contribution < 1.29 is 5.11 Å². The predicted molar refractivity (Wildman–Crippen MR) is 73.7 cm³/mol. The molecule has 1 N–H and O–H groups in total. The Hall–Kier alpha value is -0.760. The van der Waals surface area contributed by atoms with E-state index in [2.05, 4.69) is 49.0 Å². The van der Waals surface area contributed by atoms with E-state index < -0.39 is 0 Å². The highest BCUT2D eigenvalue weighted by Crippen LogP contribution is 2.23. The fraction of sp³-hybridized carbons (Fsp3) is 0.545. The van der Waals surface area contributed by atoms with E-state index in [0.717, 1.165) is 34.1 Å². The van der Waals surface area contributed by atoms with Crippen LogP contribution in [-0.2, 0) is 0 Å². The first kappa shape index (κ1) is 12.7. The molecule has 2 aromatic rings. The maximum absolute atomic E-state index is 9.12. The Morgan fingerprint density at radius 2 is 2.18 bits per heavy atom. The molecule has 0 fully saturated rings. The van der Waals surface area contributed by atoms with Crippen molar-refractivity contribution in [3.63, 3.8) is 0 Å². The maximum Gasteiger partial charge on any atom is 0.164 e. The number of rotatable bonds is 5. The molecular formula is C11H15IN4O. The first-order chi connectivity index (χ1) is 8.27. The minimum absolute atomic E-state index is 0.187. The van der Waals surface area contributed by atoms with Crippen LogP contribution in [0, 0.1) is 3.70 Å². The van der Waals surface area contributed by atoms with Crippen LogP contribution in [0.5, 0.6) is 0 Å². The SMILES string of the molecule is CCC[C@@H](CCO)n1cnc2c(I)ncnc21. The fourth-order valence-corrected chi connectivity index (χ4v) is 2.50. The molecular weight excluding hydrogens is 331 g/mol. The number of fused-ring (bicyclic) bond motifs is 1. The molecule has 0 aromatic carbocycles. The molecule has 0 saturated carbocycles. The van der Waals surface area contributed by atoms with Crippen molar-refractivity contribution in [3.8, 4) is 0 Å². The van der Waals surface area contributed by atoms with Gasteiger partial charge in [0.05, 0.1) is 6.33 Å². The summed E-state index contributed by atoms with van der Waals surface area (Å²) in [7, 11) is 0. The highest BCUT2D eigenvalue weighted by Gasteiger charge is 2.15. The number of nitrogens with zero attached hydrogens (tertiary/aromatic N) is 4. The maximum atomic E-state index is 9.12. The summed E-state index contributed by atoms with van der Waals surface area (Å²) in [6.45, 7) is 2.33. The minimum Gasteiger partial charge on any atom is -0.396 e. The first-order valence-corrected chi connectivity index (χ1v) is 6.79. The largest absolute Gasteiger partial charge is 0.396 e. The second-order valence-electron chi connectivity index (χ2n) is 3.94. The van der Waals surface area contributed by atoms with E-state index in [4.69, 9.17) is 5.11 Å². The summed E-state index contributed by atoms with van der Waals surface area (Å²) in [6, 6.07) is 0.265. The Bertz CT molecular complexity index is 493. The van der Waals surface area contributed by atoms with Gasteiger partial charge in [-0.05, 0) is 35.4 Å². The second-order valence-corrected chi connectivity index (χ2v) is 4.97. The summed E-state index contributed by atoms with van der Waals surface area (Å²) in [5, 5.41) is 9.12. The quantitative estimate of drug-likeness (QED) is 0.666. The molecule has 0 aliphatic heterocycles. The third kappa shape index (κ3) is 2.57. The van der Waals surface area contributed by atoms with Gasteiger partial charge in [-0.2, -0.15) is 0 Å². The van der Waals surface area contributed by atoms with Crippen molar-refractivity contribution in [2.45, 2.75) is 32.2 Å². The smallest absolute Gasteiger partial charge is 0.164 e. The molecule has 6 heteroatoms. The molecule has 1 atom stereocenters. The van der Waals surface area contributed by atoms with Crippen LogP contribution in [0.4, 0.5) is 0 Å². The van der Waals surface area contributed by atoms with E-state index in [1.165, 1.54) is 0 Å². The standard InChI is InChI=1S/C11H15IN4O/c1-2-3-8(4-5-17)16-7-15-9-10(12)13-6-14-11(9)16/h6-8,17H,2-5H2,1H3/t8-/m0/s1. The van der Waals surface area contributed by atoms with Gasteiger partial charge >= 0.3 is 0 Å². The molecule has 2 heterocycles. The van der Waals surface area contributed by atoms with E-state index in [9.17, 15) is 0 Å². The Labute approximate surface area is 113 Å². The number of hydrogen-bond acceptors (Lipinski definition) is 4. The molecule has 0 bridgehead atoms. The Kier molecular flexibility index (Phi) is 4.27. The zero-order valence-electron chi connectivity index (χ0n) is 9.67. The van der Waals surface area contributed by atoms with Crippen LogP contribution in [-0.4, -0.2) is 31.2 Å². The number of aromatic nitrogens is 4. The summed E-state index contributed by atoms with van der Waals surface area (Å²) in [5.74, 6) is 0. The molecule has 0 spiro atoms. The third-order valence-electron chi connectivity index (χ3n) is 2.79. The molecule has 0 unspecified atom stereocenters. The van der Waals surface area contributed by atoms with Gasteiger partial charge in [0.1, 0.15) is 15.5 Å². The van der Waals surface area contributed by atoms with Crippen LogP contribution in [0.1, 0.15) is 32.2 Å². The van der Waals surface area contributed by atoms with Crippen molar-refractivity contribution in [2.24, 2.45) is 0 Å².